The van der Waals surface area contributed by atoms with Crippen molar-refractivity contribution >= 4 is 11.9 Å². The third-order valence-corrected chi connectivity index (χ3v) is 6.28. The van der Waals surface area contributed by atoms with Crippen molar-refractivity contribution in [2.24, 2.45) is 0 Å². The monoisotopic (exact) mass is 442 g/mol. The van der Waals surface area contributed by atoms with Crippen LogP contribution < -0.4 is 9.47 Å². The third kappa shape index (κ3) is 5.09. The number of H-pyrrole nitrogens is 1. The molecule has 1 aromatic heterocycles. The number of benzene rings is 1. The minimum Gasteiger partial charge on any atom is -0.497 e. The number of ether oxygens (including phenoxy) is 3. The van der Waals surface area contributed by atoms with Gasteiger partial charge in [-0.05, 0) is 56.9 Å². The van der Waals surface area contributed by atoms with Gasteiger partial charge >= 0.3 is 5.97 Å². The van der Waals surface area contributed by atoms with Crippen molar-refractivity contribution in [1.29, 1.82) is 0 Å². The Morgan fingerprint density at radius 3 is 2.22 bits per heavy atom. The van der Waals surface area contributed by atoms with Gasteiger partial charge in [-0.25, -0.2) is 4.79 Å². The Bertz CT molecular complexity index is 937. The summed E-state index contributed by atoms with van der Waals surface area (Å²) in [5, 5.41) is 0. The lowest BCUT2D eigenvalue weighted by Crippen LogP contribution is -2.41. The van der Waals surface area contributed by atoms with Crippen molar-refractivity contribution in [2.45, 2.75) is 65.5 Å². The van der Waals surface area contributed by atoms with Crippen LogP contribution in [-0.2, 0) is 11.3 Å². The van der Waals surface area contributed by atoms with Crippen molar-refractivity contribution in [2.75, 3.05) is 20.8 Å². The van der Waals surface area contributed by atoms with Crippen LogP contribution in [-0.4, -0.2) is 48.6 Å². The number of aromatic nitrogens is 1. The van der Waals surface area contributed by atoms with E-state index in [1.807, 2.05) is 18.7 Å². The fraction of sp³-hybridized carbons (Fsp3) is 0.520. The molecule has 1 amide bonds. The zero-order chi connectivity index (χ0) is 23.3. The SMILES string of the molecule is CCOC(=O)c1[nH]c(C)c(CN(C(=O)c2cc(OC)cc(OC)c2)C2CCCCC2)c1C. The molecule has 0 saturated heterocycles. The Morgan fingerprint density at radius 1 is 1.03 bits per heavy atom. The second-order valence-electron chi connectivity index (χ2n) is 8.28. The van der Waals surface area contributed by atoms with E-state index in [2.05, 4.69) is 4.98 Å². The predicted octanol–water partition coefficient (Wildman–Crippen LogP) is 4.80. The Kier molecular flexibility index (Phi) is 7.83. The summed E-state index contributed by atoms with van der Waals surface area (Å²) in [6.07, 6.45) is 5.35. The van der Waals surface area contributed by atoms with Crippen LogP contribution in [0.4, 0.5) is 0 Å². The lowest BCUT2D eigenvalue weighted by atomic mass is 9.93. The summed E-state index contributed by atoms with van der Waals surface area (Å²) in [7, 11) is 3.15. The van der Waals surface area contributed by atoms with Gasteiger partial charge in [0.2, 0.25) is 0 Å². The number of hydrogen-bond acceptors (Lipinski definition) is 5. The van der Waals surface area contributed by atoms with E-state index in [0.717, 1.165) is 42.5 Å². The number of nitrogens with one attached hydrogen (secondary N) is 1. The van der Waals surface area contributed by atoms with E-state index in [9.17, 15) is 9.59 Å². The third-order valence-electron chi connectivity index (χ3n) is 6.28. The molecule has 3 rings (SSSR count). The number of nitrogens with zero attached hydrogens (tertiary/aromatic N) is 1. The molecule has 1 fully saturated rings. The molecule has 0 unspecified atom stereocenters. The molecule has 32 heavy (non-hydrogen) atoms. The normalized spacial score (nSPS) is 14.2. The van der Waals surface area contributed by atoms with Crippen LogP contribution in [0.25, 0.3) is 0 Å². The zero-order valence-corrected chi connectivity index (χ0v) is 19.7. The standard InChI is InChI=1S/C25H34N2O5/c1-6-32-25(29)23-16(2)22(17(3)26-23)15-27(19-10-8-7-9-11-19)24(28)18-12-20(30-4)14-21(13-18)31-5/h12-14,19,26H,6-11,15H2,1-5H3. The molecular formula is C25H34N2O5. The topological polar surface area (TPSA) is 80.9 Å². The molecule has 7 nitrogen and oxygen atoms in total. The molecule has 1 aromatic carbocycles. The van der Waals surface area contributed by atoms with Crippen LogP contribution in [0, 0.1) is 13.8 Å². The number of carbonyl (C=O) groups excluding carboxylic acids is 2. The molecule has 1 aliphatic rings. The van der Waals surface area contributed by atoms with Crippen LogP contribution in [0.15, 0.2) is 18.2 Å². The predicted molar refractivity (Wildman–Crippen MR) is 123 cm³/mol. The highest BCUT2D eigenvalue weighted by molar-refractivity contribution is 5.95. The molecule has 1 aliphatic carbocycles. The van der Waals surface area contributed by atoms with Gasteiger partial charge in [0, 0.05) is 29.9 Å². The Hall–Kier alpha value is -2.96. The Labute approximate surface area is 190 Å². The first-order valence-electron chi connectivity index (χ1n) is 11.3. The minimum atomic E-state index is -0.368. The number of hydrogen-bond donors (Lipinski definition) is 1. The molecule has 0 spiro atoms. The van der Waals surface area contributed by atoms with E-state index in [-0.39, 0.29) is 17.9 Å². The lowest BCUT2D eigenvalue weighted by molar-refractivity contribution is 0.0519. The molecule has 0 atom stereocenters. The summed E-state index contributed by atoms with van der Waals surface area (Å²) in [6, 6.07) is 5.41. The first-order chi connectivity index (χ1) is 15.4. The Balaban J connectivity index is 1.98. The van der Waals surface area contributed by atoms with E-state index in [1.165, 1.54) is 6.42 Å². The second kappa shape index (κ2) is 10.6. The number of amides is 1. The molecule has 174 valence electrons. The van der Waals surface area contributed by atoms with Gasteiger partial charge < -0.3 is 24.1 Å². The van der Waals surface area contributed by atoms with Crippen LogP contribution in [0.3, 0.4) is 0 Å². The van der Waals surface area contributed by atoms with Crippen LogP contribution in [0.2, 0.25) is 0 Å². The van der Waals surface area contributed by atoms with Crippen molar-refractivity contribution in [1.82, 2.24) is 9.88 Å². The molecule has 1 saturated carbocycles. The smallest absolute Gasteiger partial charge is 0.355 e. The molecular weight excluding hydrogens is 408 g/mol. The lowest BCUT2D eigenvalue weighted by Gasteiger charge is -2.35. The highest BCUT2D eigenvalue weighted by Gasteiger charge is 2.29. The molecule has 1 N–H and O–H groups in total. The maximum Gasteiger partial charge on any atom is 0.355 e. The van der Waals surface area contributed by atoms with Crippen molar-refractivity contribution in [3.63, 3.8) is 0 Å². The molecule has 7 heteroatoms. The first kappa shape index (κ1) is 23.7. The molecule has 0 bridgehead atoms. The van der Waals surface area contributed by atoms with E-state index in [1.54, 1.807) is 39.3 Å². The number of aryl methyl sites for hydroxylation is 1. The summed E-state index contributed by atoms with van der Waals surface area (Å²) in [6.45, 7) is 6.37. The number of carbonyl (C=O) groups is 2. The van der Waals surface area contributed by atoms with Gasteiger partial charge in [0.05, 0.1) is 20.8 Å². The van der Waals surface area contributed by atoms with Gasteiger partial charge in [-0.2, -0.15) is 0 Å². The van der Waals surface area contributed by atoms with Crippen LogP contribution >= 0.6 is 0 Å². The average Bonchev–Trinajstić information content (AvgIpc) is 3.10. The summed E-state index contributed by atoms with van der Waals surface area (Å²) in [5.41, 5.74) is 3.66. The first-order valence-corrected chi connectivity index (χ1v) is 11.3. The summed E-state index contributed by atoms with van der Waals surface area (Å²) >= 11 is 0. The highest BCUT2D eigenvalue weighted by atomic mass is 16.5. The molecule has 2 aromatic rings. The Morgan fingerprint density at radius 2 is 1.66 bits per heavy atom. The maximum atomic E-state index is 13.8. The number of aromatic amines is 1. The number of methoxy groups -OCH3 is 2. The van der Waals surface area contributed by atoms with Crippen molar-refractivity contribution in [3.8, 4) is 11.5 Å². The van der Waals surface area contributed by atoms with Gasteiger partial charge in [0.15, 0.2) is 0 Å². The maximum absolute atomic E-state index is 13.8. The summed E-state index contributed by atoms with van der Waals surface area (Å²) < 4.78 is 15.9. The van der Waals surface area contributed by atoms with Gasteiger partial charge in [-0.3, -0.25) is 4.79 Å². The zero-order valence-electron chi connectivity index (χ0n) is 19.7. The highest BCUT2D eigenvalue weighted by Crippen LogP contribution is 2.30. The molecule has 0 aliphatic heterocycles. The van der Waals surface area contributed by atoms with Crippen LogP contribution in [0.5, 0.6) is 11.5 Å². The second-order valence-corrected chi connectivity index (χ2v) is 8.28. The quantitative estimate of drug-likeness (QED) is 0.594. The van der Waals surface area contributed by atoms with Gasteiger partial charge in [-0.15, -0.1) is 0 Å². The van der Waals surface area contributed by atoms with Crippen LogP contribution in [0.1, 0.15) is 76.7 Å². The molecule has 1 heterocycles. The van der Waals surface area contributed by atoms with Crippen molar-refractivity contribution in [3.05, 3.63) is 46.3 Å². The average molecular weight is 443 g/mol. The minimum absolute atomic E-state index is 0.0632. The molecule has 0 radical (unpaired) electrons. The fourth-order valence-electron chi connectivity index (χ4n) is 4.46. The number of esters is 1. The number of rotatable bonds is 8. The van der Waals surface area contributed by atoms with E-state index < -0.39 is 0 Å². The van der Waals surface area contributed by atoms with E-state index in [0.29, 0.717) is 35.9 Å². The van der Waals surface area contributed by atoms with Gasteiger partial charge in [0.25, 0.3) is 5.91 Å². The van der Waals surface area contributed by atoms with Crippen molar-refractivity contribution < 1.29 is 23.8 Å². The van der Waals surface area contributed by atoms with E-state index >= 15 is 0 Å². The van der Waals surface area contributed by atoms with E-state index in [4.69, 9.17) is 14.2 Å². The largest absolute Gasteiger partial charge is 0.497 e. The fourth-order valence-corrected chi connectivity index (χ4v) is 4.46. The summed E-state index contributed by atoms with van der Waals surface area (Å²) in [5.74, 6) is 0.726. The van der Waals surface area contributed by atoms with Gasteiger partial charge in [-0.1, -0.05) is 19.3 Å². The summed E-state index contributed by atoms with van der Waals surface area (Å²) in [4.78, 5) is 31.2. The van der Waals surface area contributed by atoms with Gasteiger partial charge in [0.1, 0.15) is 17.2 Å².